The Labute approximate surface area is 138 Å². The van der Waals surface area contributed by atoms with Gasteiger partial charge in [-0.25, -0.2) is 13.2 Å². The Bertz CT molecular complexity index is 741. The van der Waals surface area contributed by atoms with Gasteiger partial charge in [-0.2, -0.15) is 0 Å². The summed E-state index contributed by atoms with van der Waals surface area (Å²) in [4.78, 5) is 14.1. The number of benzene rings is 2. The summed E-state index contributed by atoms with van der Waals surface area (Å²) in [6.07, 6.45) is 1.85. The number of carbonyl (C=O) groups excluding carboxylic acids is 1. The van der Waals surface area contributed by atoms with Crippen LogP contribution >= 0.6 is 0 Å². The molecule has 3 nitrogen and oxygen atoms in total. The lowest BCUT2D eigenvalue weighted by Gasteiger charge is -2.29. The SMILES string of the molecule is O=C(CNCc1cc(F)c(F)c(F)c1)N1CCCc2ccccc21. The minimum atomic E-state index is -1.49. The molecule has 0 radical (unpaired) electrons. The van der Waals surface area contributed by atoms with E-state index in [1.165, 1.54) is 0 Å². The standard InChI is InChI=1S/C18H17F3N2O/c19-14-8-12(9-15(20)18(14)21)10-22-11-17(24)23-7-3-5-13-4-1-2-6-16(13)23/h1-2,4,6,8-9,22H,3,5,7,10-11H2. The number of nitrogens with zero attached hydrogens (tertiary/aromatic N) is 1. The minimum Gasteiger partial charge on any atom is -0.311 e. The predicted octanol–water partition coefficient (Wildman–Crippen LogP) is 3.17. The maximum Gasteiger partial charge on any atom is 0.240 e. The highest BCUT2D eigenvalue weighted by Crippen LogP contribution is 2.26. The van der Waals surface area contributed by atoms with Crippen LogP contribution in [0.25, 0.3) is 0 Å². The molecule has 0 aliphatic carbocycles. The monoisotopic (exact) mass is 334 g/mol. The number of hydrogen-bond donors (Lipinski definition) is 1. The van der Waals surface area contributed by atoms with Crippen LogP contribution in [0, 0.1) is 17.5 Å². The van der Waals surface area contributed by atoms with Crippen LogP contribution in [0.2, 0.25) is 0 Å². The first kappa shape index (κ1) is 16.5. The van der Waals surface area contributed by atoms with Gasteiger partial charge in [0.2, 0.25) is 5.91 Å². The van der Waals surface area contributed by atoms with Gasteiger partial charge in [-0.1, -0.05) is 18.2 Å². The van der Waals surface area contributed by atoms with Crippen molar-refractivity contribution in [2.24, 2.45) is 0 Å². The molecule has 1 aliphatic rings. The van der Waals surface area contributed by atoms with Gasteiger partial charge in [0.15, 0.2) is 17.5 Å². The number of carbonyl (C=O) groups is 1. The molecule has 1 heterocycles. The van der Waals surface area contributed by atoms with Gasteiger partial charge in [-0.15, -0.1) is 0 Å². The van der Waals surface area contributed by atoms with Crippen molar-refractivity contribution in [3.05, 3.63) is 65.0 Å². The summed E-state index contributed by atoms with van der Waals surface area (Å²) in [6, 6.07) is 9.60. The lowest BCUT2D eigenvalue weighted by Crippen LogP contribution is -2.41. The number of aryl methyl sites for hydroxylation is 1. The average Bonchev–Trinajstić information content (AvgIpc) is 2.59. The Morgan fingerprint density at radius 3 is 2.58 bits per heavy atom. The molecule has 1 amide bonds. The molecule has 1 N–H and O–H groups in total. The predicted molar refractivity (Wildman–Crippen MR) is 85.1 cm³/mol. The largest absolute Gasteiger partial charge is 0.311 e. The minimum absolute atomic E-state index is 0.0367. The maximum absolute atomic E-state index is 13.2. The van der Waals surface area contributed by atoms with Gasteiger partial charge < -0.3 is 10.2 Å². The smallest absolute Gasteiger partial charge is 0.240 e. The van der Waals surface area contributed by atoms with Gasteiger partial charge in [0, 0.05) is 18.8 Å². The van der Waals surface area contributed by atoms with Crippen molar-refractivity contribution in [3.63, 3.8) is 0 Å². The van der Waals surface area contributed by atoms with Crippen LogP contribution < -0.4 is 10.2 Å². The quantitative estimate of drug-likeness (QED) is 0.871. The molecule has 24 heavy (non-hydrogen) atoms. The van der Waals surface area contributed by atoms with Crippen LogP contribution in [0.1, 0.15) is 17.5 Å². The number of fused-ring (bicyclic) bond motifs is 1. The molecule has 6 heteroatoms. The molecule has 0 saturated heterocycles. The normalized spacial score (nSPS) is 13.7. The molecule has 1 aliphatic heterocycles. The van der Waals surface area contributed by atoms with E-state index in [1.807, 2.05) is 24.3 Å². The molecule has 2 aromatic carbocycles. The second-order valence-corrected chi connectivity index (χ2v) is 5.75. The highest BCUT2D eigenvalue weighted by atomic mass is 19.2. The van der Waals surface area contributed by atoms with Gasteiger partial charge in [-0.3, -0.25) is 4.79 Å². The fourth-order valence-electron chi connectivity index (χ4n) is 2.91. The van der Waals surface area contributed by atoms with Gasteiger partial charge in [0.05, 0.1) is 6.54 Å². The van der Waals surface area contributed by atoms with Crippen LogP contribution in [0.15, 0.2) is 36.4 Å². The van der Waals surface area contributed by atoms with E-state index in [0.29, 0.717) is 6.54 Å². The number of hydrogen-bond acceptors (Lipinski definition) is 2. The number of amides is 1. The van der Waals surface area contributed by atoms with Crippen molar-refractivity contribution >= 4 is 11.6 Å². The number of nitrogens with one attached hydrogen (secondary N) is 1. The van der Waals surface area contributed by atoms with Crippen LogP contribution in [0.4, 0.5) is 18.9 Å². The molecule has 3 rings (SSSR count). The summed E-state index contributed by atoms with van der Waals surface area (Å²) in [5, 5.41) is 2.86. The summed E-state index contributed by atoms with van der Waals surface area (Å²) in [6.45, 7) is 0.766. The van der Waals surface area contributed by atoms with Crippen molar-refractivity contribution in [3.8, 4) is 0 Å². The first-order chi connectivity index (χ1) is 11.6. The lowest BCUT2D eigenvalue weighted by atomic mass is 10.0. The van der Waals surface area contributed by atoms with E-state index in [9.17, 15) is 18.0 Å². The maximum atomic E-state index is 13.2. The van der Waals surface area contributed by atoms with Crippen molar-refractivity contribution in [1.82, 2.24) is 5.32 Å². The number of rotatable bonds is 4. The van der Waals surface area contributed by atoms with Gasteiger partial charge >= 0.3 is 0 Å². The molecule has 0 aromatic heterocycles. The molecule has 126 valence electrons. The Hall–Kier alpha value is -2.34. The highest BCUT2D eigenvalue weighted by Gasteiger charge is 2.21. The highest BCUT2D eigenvalue weighted by molar-refractivity contribution is 5.95. The van der Waals surface area contributed by atoms with E-state index in [1.54, 1.807) is 4.90 Å². The zero-order valence-corrected chi connectivity index (χ0v) is 13.0. The van der Waals surface area contributed by atoms with E-state index in [2.05, 4.69) is 5.32 Å². The van der Waals surface area contributed by atoms with Crippen LogP contribution in [-0.2, 0) is 17.8 Å². The molecule has 0 atom stereocenters. The molecule has 0 saturated carbocycles. The van der Waals surface area contributed by atoms with E-state index in [0.717, 1.165) is 36.2 Å². The fraction of sp³-hybridized carbons (Fsp3) is 0.278. The van der Waals surface area contributed by atoms with E-state index in [4.69, 9.17) is 0 Å². The fourth-order valence-corrected chi connectivity index (χ4v) is 2.91. The topological polar surface area (TPSA) is 32.3 Å². The Kier molecular flexibility index (Phi) is 4.85. The van der Waals surface area contributed by atoms with Gasteiger partial charge in [-0.05, 0) is 42.2 Å². The summed E-state index contributed by atoms with van der Waals surface area (Å²) in [7, 11) is 0. The number of anilines is 1. The van der Waals surface area contributed by atoms with Crippen molar-refractivity contribution in [2.45, 2.75) is 19.4 Å². The zero-order chi connectivity index (χ0) is 17.1. The first-order valence-corrected chi connectivity index (χ1v) is 7.78. The molecular weight excluding hydrogens is 317 g/mol. The number of para-hydroxylation sites is 1. The molecule has 2 aromatic rings. The van der Waals surface area contributed by atoms with E-state index >= 15 is 0 Å². The Balaban J connectivity index is 1.61. The first-order valence-electron chi connectivity index (χ1n) is 7.78. The van der Waals surface area contributed by atoms with Crippen LogP contribution in [0.5, 0.6) is 0 Å². The third-order valence-corrected chi connectivity index (χ3v) is 4.06. The van der Waals surface area contributed by atoms with Crippen molar-refractivity contribution < 1.29 is 18.0 Å². The molecule has 0 unspecified atom stereocenters. The third-order valence-electron chi connectivity index (χ3n) is 4.06. The molecule has 0 fully saturated rings. The van der Waals surface area contributed by atoms with Crippen LogP contribution in [-0.4, -0.2) is 19.0 Å². The summed E-state index contributed by atoms with van der Waals surface area (Å²) in [5.74, 6) is -4.06. The second kappa shape index (κ2) is 7.05. The summed E-state index contributed by atoms with van der Waals surface area (Å²) in [5.41, 5.74) is 2.30. The van der Waals surface area contributed by atoms with Crippen LogP contribution in [0.3, 0.4) is 0 Å². The molecule has 0 spiro atoms. The zero-order valence-electron chi connectivity index (χ0n) is 13.0. The second-order valence-electron chi connectivity index (χ2n) is 5.75. The van der Waals surface area contributed by atoms with E-state index in [-0.39, 0.29) is 24.6 Å². The third kappa shape index (κ3) is 3.43. The number of halogens is 3. The summed E-state index contributed by atoms with van der Waals surface area (Å²) >= 11 is 0. The molecular formula is C18H17F3N2O. The molecule has 0 bridgehead atoms. The van der Waals surface area contributed by atoms with E-state index < -0.39 is 17.5 Å². The van der Waals surface area contributed by atoms with Gasteiger partial charge in [0.1, 0.15) is 0 Å². The Morgan fingerprint density at radius 2 is 1.83 bits per heavy atom. The van der Waals surface area contributed by atoms with Crippen molar-refractivity contribution in [2.75, 3.05) is 18.0 Å². The Morgan fingerprint density at radius 1 is 1.12 bits per heavy atom. The van der Waals surface area contributed by atoms with Gasteiger partial charge in [0.25, 0.3) is 0 Å². The van der Waals surface area contributed by atoms with Crippen molar-refractivity contribution in [1.29, 1.82) is 0 Å². The average molecular weight is 334 g/mol. The lowest BCUT2D eigenvalue weighted by molar-refractivity contribution is -0.117. The summed E-state index contributed by atoms with van der Waals surface area (Å²) < 4.78 is 39.2.